The number of hydrogen-bond donors (Lipinski definition) is 2. The molecule has 0 fully saturated rings. The Morgan fingerprint density at radius 2 is 1.71 bits per heavy atom. The van der Waals surface area contributed by atoms with Crippen LogP contribution in [-0.4, -0.2) is 21.6 Å². The van der Waals surface area contributed by atoms with Crippen molar-refractivity contribution in [2.45, 2.75) is 13.5 Å². The van der Waals surface area contributed by atoms with Crippen molar-refractivity contribution in [3.05, 3.63) is 106 Å². The zero-order chi connectivity index (χ0) is 25.1. The summed E-state index contributed by atoms with van der Waals surface area (Å²) in [7, 11) is 1.70. The van der Waals surface area contributed by atoms with Crippen LogP contribution >= 0.6 is 11.6 Å². The van der Waals surface area contributed by atoms with Gasteiger partial charge >= 0.3 is 5.97 Å². The Morgan fingerprint density at radius 3 is 2.37 bits per heavy atom. The third kappa shape index (κ3) is 5.20. The minimum atomic E-state index is -1.30. The normalized spacial score (nSPS) is 10.7. The van der Waals surface area contributed by atoms with Crippen molar-refractivity contribution in [3.8, 4) is 17.0 Å². The molecule has 8 heteroatoms. The topological polar surface area (TPSA) is 80.6 Å². The van der Waals surface area contributed by atoms with Crippen LogP contribution in [0, 0.1) is 12.7 Å². The van der Waals surface area contributed by atoms with E-state index in [0.29, 0.717) is 35.0 Å². The number of amides is 1. The van der Waals surface area contributed by atoms with Crippen LogP contribution in [0.1, 0.15) is 32.0 Å². The van der Waals surface area contributed by atoms with Gasteiger partial charge in [0, 0.05) is 29.7 Å². The van der Waals surface area contributed by atoms with E-state index in [0.717, 1.165) is 11.6 Å². The fourth-order valence-corrected chi connectivity index (χ4v) is 3.86. The molecule has 4 rings (SSSR count). The first-order valence-corrected chi connectivity index (χ1v) is 11.1. The van der Waals surface area contributed by atoms with Crippen LogP contribution in [0.25, 0.3) is 11.3 Å². The van der Waals surface area contributed by atoms with Gasteiger partial charge in [0.1, 0.15) is 18.2 Å². The molecule has 0 spiro atoms. The molecule has 6 nitrogen and oxygen atoms in total. The van der Waals surface area contributed by atoms with Gasteiger partial charge in [-0.05, 0) is 55.0 Å². The fraction of sp³-hybridized carbons (Fsp3) is 0.111. The molecule has 0 saturated carbocycles. The molecular weight excluding hydrogens is 471 g/mol. The number of aromatic nitrogens is 1. The number of benzene rings is 3. The predicted octanol–water partition coefficient (Wildman–Crippen LogP) is 6.32. The summed E-state index contributed by atoms with van der Waals surface area (Å²) in [5, 5.41) is 12.2. The van der Waals surface area contributed by atoms with Gasteiger partial charge in [-0.15, -0.1) is 0 Å². The maximum absolute atomic E-state index is 13.9. The van der Waals surface area contributed by atoms with Gasteiger partial charge in [0.2, 0.25) is 0 Å². The largest absolute Gasteiger partial charge is 0.489 e. The van der Waals surface area contributed by atoms with Gasteiger partial charge in [-0.3, -0.25) is 4.79 Å². The van der Waals surface area contributed by atoms with E-state index in [2.05, 4.69) is 5.32 Å². The lowest BCUT2D eigenvalue weighted by atomic mass is 10.0. The van der Waals surface area contributed by atoms with Crippen molar-refractivity contribution in [3.63, 3.8) is 0 Å². The van der Waals surface area contributed by atoms with Crippen molar-refractivity contribution in [2.24, 2.45) is 7.05 Å². The van der Waals surface area contributed by atoms with Gasteiger partial charge in [-0.1, -0.05) is 41.9 Å². The number of ether oxygens (including phenoxy) is 1. The lowest BCUT2D eigenvalue weighted by Crippen LogP contribution is -2.12. The van der Waals surface area contributed by atoms with Crippen LogP contribution in [0.4, 0.5) is 10.1 Å². The number of rotatable bonds is 7. The van der Waals surface area contributed by atoms with Gasteiger partial charge in [0.05, 0.1) is 16.1 Å². The standard InChI is InChI=1S/C27H22ClFN2O4/c1-16-20(14-25(31(16)2)21-12-23(28)24(29)13-22(21)27(33)34)26(32)30-18-8-10-19(11-9-18)35-15-17-6-4-3-5-7-17/h3-14H,15H2,1-2H3,(H,30,32)(H,33,34). The molecule has 35 heavy (non-hydrogen) atoms. The average molecular weight is 493 g/mol. The molecule has 2 N–H and O–H groups in total. The fourth-order valence-electron chi connectivity index (χ4n) is 3.70. The van der Waals surface area contributed by atoms with Crippen LogP contribution < -0.4 is 10.1 Å². The monoisotopic (exact) mass is 492 g/mol. The van der Waals surface area contributed by atoms with Crippen LogP contribution in [0.15, 0.2) is 72.8 Å². The SMILES string of the molecule is Cc1c(C(=O)Nc2ccc(OCc3ccccc3)cc2)cc(-c2cc(Cl)c(F)cc2C(=O)O)n1C. The highest BCUT2D eigenvalue weighted by molar-refractivity contribution is 6.31. The van der Waals surface area contributed by atoms with Crippen molar-refractivity contribution < 1.29 is 23.8 Å². The van der Waals surface area contributed by atoms with Crippen molar-refractivity contribution in [2.75, 3.05) is 5.32 Å². The number of aromatic carboxylic acids is 1. The maximum atomic E-state index is 13.9. The van der Waals surface area contributed by atoms with Gasteiger partial charge in [0.25, 0.3) is 5.91 Å². The second kappa shape index (κ2) is 10.0. The lowest BCUT2D eigenvalue weighted by Gasteiger charge is -2.10. The summed E-state index contributed by atoms with van der Waals surface area (Å²) >= 11 is 5.91. The zero-order valence-corrected chi connectivity index (χ0v) is 19.8. The van der Waals surface area contributed by atoms with Crippen molar-refractivity contribution >= 4 is 29.2 Å². The number of carboxylic acids is 1. The van der Waals surface area contributed by atoms with Crippen LogP contribution in [0.2, 0.25) is 5.02 Å². The number of hydrogen-bond acceptors (Lipinski definition) is 3. The molecule has 4 aromatic rings. The first-order valence-electron chi connectivity index (χ1n) is 10.7. The number of carbonyl (C=O) groups is 2. The minimum absolute atomic E-state index is 0.204. The Morgan fingerprint density at radius 1 is 1.03 bits per heavy atom. The highest BCUT2D eigenvalue weighted by Gasteiger charge is 2.22. The van der Waals surface area contributed by atoms with Gasteiger partial charge < -0.3 is 19.7 Å². The van der Waals surface area contributed by atoms with E-state index in [9.17, 15) is 19.1 Å². The molecule has 1 aromatic heterocycles. The summed E-state index contributed by atoms with van der Waals surface area (Å²) in [5.41, 5.74) is 2.98. The molecule has 178 valence electrons. The molecule has 0 saturated heterocycles. The lowest BCUT2D eigenvalue weighted by molar-refractivity contribution is 0.0697. The smallest absolute Gasteiger partial charge is 0.336 e. The minimum Gasteiger partial charge on any atom is -0.489 e. The second-order valence-electron chi connectivity index (χ2n) is 7.96. The number of anilines is 1. The van der Waals surface area contributed by atoms with E-state index in [1.807, 2.05) is 30.3 Å². The molecule has 0 aliphatic heterocycles. The van der Waals surface area contributed by atoms with E-state index >= 15 is 0 Å². The first-order chi connectivity index (χ1) is 16.7. The predicted molar refractivity (Wildman–Crippen MR) is 133 cm³/mol. The summed E-state index contributed by atoms with van der Waals surface area (Å²) in [6.07, 6.45) is 0. The summed E-state index contributed by atoms with van der Waals surface area (Å²) < 4.78 is 21.3. The van der Waals surface area contributed by atoms with Gasteiger partial charge in [0.15, 0.2) is 0 Å². The van der Waals surface area contributed by atoms with Gasteiger partial charge in [-0.2, -0.15) is 0 Å². The Kier molecular flexibility index (Phi) is 6.89. The maximum Gasteiger partial charge on any atom is 0.336 e. The number of nitrogens with one attached hydrogen (secondary N) is 1. The Bertz CT molecular complexity index is 1400. The Hall–Kier alpha value is -4.10. The molecular formula is C27H22ClFN2O4. The van der Waals surface area contributed by atoms with Crippen LogP contribution in [-0.2, 0) is 13.7 Å². The van der Waals surface area contributed by atoms with E-state index in [4.69, 9.17) is 16.3 Å². The number of carboxylic acid groups (broad SMARTS) is 1. The third-order valence-corrected chi connectivity index (χ3v) is 6.00. The Labute approximate surface area is 206 Å². The van der Waals surface area contributed by atoms with Crippen LogP contribution in [0.3, 0.4) is 0 Å². The summed E-state index contributed by atoms with van der Waals surface area (Å²) in [4.78, 5) is 24.7. The van der Waals surface area contributed by atoms with Crippen LogP contribution in [0.5, 0.6) is 5.75 Å². The van der Waals surface area contributed by atoms with Gasteiger partial charge in [-0.25, -0.2) is 9.18 Å². The number of carbonyl (C=O) groups excluding carboxylic acids is 1. The summed E-state index contributed by atoms with van der Waals surface area (Å²) in [6, 6.07) is 20.5. The highest BCUT2D eigenvalue weighted by atomic mass is 35.5. The summed E-state index contributed by atoms with van der Waals surface area (Å²) in [5.74, 6) is -1.82. The second-order valence-corrected chi connectivity index (χ2v) is 8.36. The third-order valence-electron chi connectivity index (χ3n) is 5.71. The zero-order valence-electron chi connectivity index (χ0n) is 19.0. The number of nitrogens with zero attached hydrogens (tertiary/aromatic N) is 1. The molecule has 0 atom stereocenters. The van der Waals surface area contributed by atoms with E-state index in [1.54, 1.807) is 48.9 Å². The molecule has 1 heterocycles. The quantitative estimate of drug-likeness (QED) is 0.316. The first kappa shape index (κ1) is 24.0. The Balaban J connectivity index is 1.53. The molecule has 0 aliphatic rings. The molecule has 0 unspecified atom stereocenters. The van der Waals surface area contributed by atoms with E-state index in [-0.39, 0.29) is 22.1 Å². The van der Waals surface area contributed by atoms with Crippen molar-refractivity contribution in [1.29, 1.82) is 0 Å². The molecule has 1 amide bonds. The average Bonchev–Trinajstić information content (AvgIpc) is 3.15. The molecule has 3 aromatic carbocycles. The number of halogens is 2. The van der Waals surface area contributed by atoms with E-state index < -0.39 is 11.8 Å². The molecule has 0 aliphatic carbocycles. The molecule has 0 bridgehead atoms. The summed E-state index contributed by atoms with van der Waals surface area (Å²) in [6.45, 7) is 2.18. The molecule has 0 radical (unpaired) electrons. The van der Waals surface area contributed by atoms with E-state index in [1.165, 1.54) is 6.07 Å². The van der Waals surface area contributed by atoms with Crippen molar-refractivity contribution in [1.82, 2.24) is 4.57 Å². The highest BCUT2D eigenvalue weighted by Crippen LogP contribution is 2.32.